The summed E-state index contributed by atoms with van der Waals surface area (Å²) in [5.41, 5.74) is 1.11. The standard InChI is InChI=1S/C16H26N2O3/c1-18(13-6-5-9-17-10-13)11-12-7-8-14(19-2)16(21-4)15(12)20-3/h7-8,13,17H,5-6,9-11H2,1-4H3. The van der Waals surface area contributed by atoms with Crippen LogP contribution in [-0.2, 0) is 6.54 Å². The predicted molar refractivity (Wildman–Crippen MR) is 83.5 cm³/mol. The molecule has 1 unspecified atom stereocenters. The highest BCUT2D eigenvalue weighted by atomic mass is 16.5. The topological polar surface area (TPSA) is 43.0 Å². The van der Waals surface area contributed by atoms with Crippen LogP contribution in [0.2, 0.25) is 0 Å². The lowest BCUT2D eigenvalue weighted by molar-refractivity contribution is 0.193. The summed E-state index contributed by atoms with van der Waals surface area (Å²) in [5.74, 6) is 2.11. The summed E-state index contributed by atoms with van der Waals surface area (Å²) >= 11 is 0. The van der Waals surface area contributed by atoms with Crippen LogP contribution in [0.1, 0.15) is 18.4 Å². The molecule has 1 atom stereocenters. The van der Waals surface area contributed by atoms with Gasteiger partial charge in [0, 0.05) is 24.7 Å². The Bertz CT molecular complexity index is 459. The molecule has 5 heteroatoms. The van der Waals surface area contributed by atoms with Crippen LogP contribution in [0, 0.1) is 0 Å². The van der Waals surface area contributed by atoms with Crippen LogP contribution in [0.25, 0.3) is 0 Å². The van der Waals surface area contributed by atoms with Crippen LogP contribution in [-0.4, -0.2) is 52.4 Å². The maximum Gasteiger partial charge on any atom is 0.203 e. The van der Waals surface area contributed by atoms with E-state index in [0.717, 1.165) is 30.9 Å². The van der Waals surface area contributed by atoms with Gasteiger partial charge in [0.1, 0.15) is 0 Å². The smallest absolute Gasteiger partial charge is 0.203 e. The van der Waals surface area contributed by atoms with Crippen LogP contribution in [0.3, 0.4) is 0 Å². The minimum absolute atomic E-state index is 0.566. The van der Waals surface area contributed by atoms with Crippen LogP contribution in [0.15, 0.2) is 12.1 Å². The SMILES string of the molecule is COc1ccc(CN(C)C2CCCNC2)c(OC)c1OC. The van der Waals surface area contributed by atoms with Gasteiger partial charge in [-0.3, -0.25) is 4.90 Å². The summed E-state index contributed by atoms with van der Waals surface area (Å²) in [6, 6.07) is 4.55. The van der Waals surface area contributed by atoms with Gasteiger partial charge in [0.15, 0.2) is 11.5 Å². The third-order valence-electron chi connectivity index (χ3n) is 4.10. The van der Waals surface area contributed by atoms with Crippen molar-refractivity contribution in [3.8, 4) is 17.2 Å². The monoisotopic (exact) mass is 294 g/mol. The Hall–Kier alpha value is -1.46. The van der Waals surface area contributed by atoms with Crippen molar-refractivity contribution in [3.05, 3.63) is 17.7 Å². The summed E-state index contributed by atoms with van der Waals surface area (Å²) < 4.78 is 16.3. The number of rotatable bonds is 6. The van der Waals surface area contributed by atoms with Gasteiger partial charge >= 0.3 is 0 Å². The van der Waals surface area contributed by atoms with Gasteiger partial charge in [-0.2, -0.15) is 0 Å². The lowest BCUT2D eigenvalue weighted by Gasteiger charge is -2.32. The van der Waals surface area contributed by atoms with Crippen LogP contribution in [0.5, 0.6) is 17.2 Å². The largest absolute Gasteiger partial charge is 0.493 e. The molecule has 1 aliphatic rings. The highest BCUT2D eigenvalue weighted by Crippen LogP contribution is 2.40. The van der Waals surface area contributed by atoms with Crippen molar-refractivity contribution in [2.75, 3.05) is 41.5 Å². The van der Waals surface area contributed by atoms with Crippen molar-refractivity contribution < 1.29 is 14.2 Å². The molecule has 1 saturated heterocycles. The van der Waals surface area contributed by atoms with Crippen molar-refractivity contribution >= 4 is 0 Å². The average Bonchev–Trinajstić information content (AvgIpc) is 2.54. The number of nitrogens with zero attached hydrogens (tertiary/aromatic N) is 1. The van der Waals surface area contributed by atoms with Gasteiger partial charge in [-0.05, 0) is 32.5 Å². The molecular weight excluding hydrogens is 268 g/mol. The number of benzene rings is 1. The summed E-state index contributed by atoms with van der Waals surface area (Å²) in [6.07, 6.45) is 2.47. The fourth-order valence-corrected chi connectivity index (χ4v) is 2.90. The van der Waals surface area contributed by atoms with E-state index in [1.807, 2.05) is 12.1 Å². The summed E-state index contributed by atoms with van der Waals surface area (Å²) in [7, 11) is 7.10. The number of ether oxygens (including phenoxy) is 3. The first-order valence-corrected chi connectivity index (χ1v) is 7.40. The van der Waals surface area contributed by atoms with E-state index in [2.05, 4.69) is 17.3 Å². The van der Waals surface area contributed by atoms with Gasteiger partial charge in [0.05, 0.1) is 21.3 Å². The predicted octanol–water partition coefficient (Wildman–Crippen LogP) is 1.90. The van der Waals surface area contributed by atoms with Crippen molar-refractivity contribution in [1.29, 1.82) is 0 Å². The van der Waals surface area contributed by atoms with Crippen molar-refractivity contribution in [3.63, 3.8) is 0 Å². The molecule has 1 aliphatic heterocycles. The second-order valence-electron chi connectivity index (χ2n) is 5.41. The Morgan fingerprint density at radius 2 is 1.90 bits per heavy atom. The van der Waals surface area contributed by atoms with E-state index in [1.54, 1.807) is 21.3 Å². The molecule has 21 heavy (non-hydrogen) atoms. The zero-order chi connectivity index (χ0) is 15.2. The first-order chi connectivity index (χ1) is 10.2. The van der Waals surface area contributed by atoms with Crippen LogP contribution >= 0.6 is 0 Å². The normalized spacial score (nSPS) is 18.6. The molecule has 0 amide bonds. The van der Waals surface area contributed by atoms with E-state index in [9.17, 15) is 0 Å². The molecule has 1 aromatic rings. The maximum absolute atomic E-state index is 5.55. The van der Waals surface area contributed by atoms with E-state index >= 15 is 0 Å². The number of hydrogen-bond acceptors (Lipinski definition) is 5. The second-order valence-corrected chi connectivity index (χ2v) is 5.41. The molecule has 0 aromatic heterocycles. The third kappa shape index (κ3) is 3.60. The van der Waals surface area contributed by atoms with Gasteiger partial charge in [-0.1, -0.05) is 6.07 Å². The van der Waals surface area contributed by atoms with Gasteiger partial charge in [0.2, 0.25) is 5.75 Å². The molecule has 1 N–H and O–H groups in total. The van der Waals surface area contributed by atoms with E-state index in [1.165, 1.54) is 12.8 Å². The summed E-state index contributed by atoms with van der Waals surface area (Å²) in [4.78, 5) is 2.37. The van der Waals surface area contributed by atoms with Gasteiger partial charge in [-0.25, -0.2) is 0 Å². The quantitative estimate of drug-likeness (QED) is 0.868. The molecule has 0 bridgehead atoms. The first-order valence-electron chi connectivity index (χ1n) is 7.40. The van der Waals surface area contributed by atoms with Crippen LogP contribution < -0.4 is 19.5 Å². The van der Waals surface area contributed by atoms with E-state index < -0.39 is 0 Å². The molecule has 1 heterocycles. The fourth-order valence-electron chi connectivity index (χ4n) is 2.90. The van der Waals surface area contributed by atoms with Gasteiger partial charge in [-0.15, -0.1) is 0 Å². The molecule has 2 rings (SSSR count). The average molecular weight is 294 g/mol. The zero-order valence-electron chi connectivity index (χ0n) is 13.4. The number of piperidine rings is 1. The number of likely N-dealkylation sites (N-methyl/N-ethyl adjacent to an activating group) is 1. The van der Waals surface area contributed by atoms with Gasteiger partial charge in [0.25, 0.3) is 0 Å². The number of hydrogen-bond donors (Lipinski definition) is 1. The molecular formula is C16H26N2O3. The van der Waals surface area contributed by atoms with E-state index in [-0.39, 0.29) is 0 Å². The molecule has 0 aliphatic carbocycles. The molecule has 0 saturated carbocycles. The molecule has 1 fully saturated rings. The Morgan fingerprint density at radius 3 is 2.48 bits per heavy atom. The first kappa shape index (κ1) is 15.9. The highest BCUT2D eigenvalue weighted by molar-refractivity contribution is 5.55. The summed E-state index contributed by atoms with van der Waals surface area (Å²) in [5, 5.41) is 3.45. The minimum Gasteiger partial charge on any atom is -0.493 e. The van der Waals surface area contributed by atoms with E-state index in [0.29, 0.717) is 17.5 Å². The Labute approximate surface area is 127 Å². The highest BCUT2D eigenvalue weighted by Gasteiger charge is 2.21. The lowest BCUT2D eigenvalue weighted by Crippen LogP contribution is -2.43. The van der Waals surface area contributed by atoms with Crippen molar-refractivity contribution in [2.45, 2.75) is 25.4 Å². The molecule has 5 nitrogen and oxygen atoms in total. The minimum atomic E-state index is 0.566. The van der Waals surface area contributed by atoms with Crippen LogP contribution in [0.4, 0.5) is 0 Å². The third-order valence-corrected chi connectivity index (χ3v) is 4.10. The Balaban J connectivity index is 2.18. The fraction of sp³-hybridized carbons (Fsp3) is 0.625. The Morgan fingerprint density at radius 1 is 1.14 bits per heavy atom. The summed E-state index contributed by atoms with van der Waals surface area (Å²) in [6.45, 7) is 3.01. The second kappa shape index (κ2) is 7.52. The maximum atomic E-state index is 5.55. The molecule has 0 radical (unpaired) electrons. The number of methoxy groups -OCH3 is 3. The number of nitrogens with one attached hydrogen (secondary N) is 1. The van der Waals surface area contributed by atoms with Crippen molar-refractivity contribution in [2.24, 2.45) is 0 Å². The van der Waals surface area contributed by atoms with E-state index in [4.69, 9.17) is 14.2 Å². The Kier molecular flexibility index (Phi) is 5.70. The molecule has 118 valence electrons. The zero-order valence-corrected chi connectivity index (χ0v) is 13.4. The van der Waals surface area contributed by atoms with Crippen molar-refractivity contribution in [1.82, 2.24) is 10.2 Å². The lowest BCUT2D eigenvalue weighted by atomic mass is 10.0. The van der Waals surface area contributed by atoms with Gasteiger partial charge < -0.3 is 19.5 Å². The molecule has 1 aromatic carbocycles. The molecule has 0 spiro atoms.